The number of hydrogen-bond donors (Lipinski definition) is 0. The molecule has 3 aromatic rings. The van der Waals surface area contributed by atoms with E-state index in [1.165, 1.54) is 54.8 Å². The van der Waals surface area contributed by atoms with E-state index < -0.39 is 0 Å². The van der Waals surface area contributed by atoms with E-state index in [2.05, 4.69) is 96.2 Å². The topological polar surface area (TPSA) is 49.9 Å². The van der Waals surface area contributed by atoms with Crippen molar-refractivity contribution in [2.24, 2.45) is 5.92 Å². The number of anilines is 2. The van der Waals surface area contributed by atoms with E-state index in [-0.39, 0.29) is 5.97 Å². The molecule has 0 unspecified atom stereocenters. The molecule has 4 rings (SSSR count). The summed E-state index contributed by atoms with van der Waals surface area (Å²) >= 11 is 0. The summed E-state index contributed by atoms with van der Waals surface area (Å²) in [5.74, 6) is 0.0506. The SMILES string of the molecule is CCN(C)c1ccc(-c2ccc(CN(C)c3cccc(/C=C/C(=O)OC)c3)cc2)cc1.O=CC1CCCCC1. The van der Waals surface area contributed by atoms with Gasteiger partial charge in [-0.2, -0.15) is 0 Å². The molecule has 0 heterocycles. The van der Waals surface area contributed by atoms with Crippen molar-refractivity contribution in [3.05, 3.63) is 90.0 Å². The number of carbonyl (C=O) groups is 2. The van der Waals surface area contributed by atoms with Crippen molar-refractivity contribution in [3.8, 4) is 11.1 Å². The van der Waals surface area contributed by atoms with Crippen molar-refractivity contribution in [1.29, 1.82) is 0 Å². The number of methoxy groups -OCH3 is 1. The van der Waals surface area contributed by atoms with Gasteiger partial charge in [-0.1, -0.05) is 67.8 Å². The van der Waals surface area contributed by atoms with Gasteiger partial charge < -0.3 is 19.3 Å². The Morgan fingerprint density at radius 2 is 1.51 bits per heavy atom. The molecular formula is C34H42N2O3. The standard InChI is InChI=1S/C27H30N2O2.C7H12O/c1-5-28(2)25-16-14-24(15-17-25)23-12-9-22(10-13-23)20-29(3)26-8-6-7-21(19-26)11-18-27(30)31-4;8-6-7-4-2-1-3-5-7/h6-19H,5,20H2,1-4H3;6-7H,1-5H2/b18-11+;. The average Bonchev–Trinajstić information content (AvgIpc) is 3.00. The van der Waals surface area contributed by atoms with Crippen LogP contribution in [0.2, 0.25) is 0 Å². The molecule has 0 atom stereocenters. The number of hydrogen-bond acceptors (Lipinski definition) is 5. The lowest BCUT2D eigenvalue weighted by Gasteiger charge is -2.20. The van der Waals surface area contributed by atoms with Gasteiger partial charge in [-0.05, 0) is 72.4 Å². The maximum absolute atomic E-state index is 11.3. The molecule has 3 aromatic carbocycles. The van der Waals surface area contributed by atoms with E-state index in [0.717, 1.165) is 43.5 Å². The van der Waals surface area contributed by atoms with Crippen LogP contribution in [-0.2, 0) is 20.9 Å². The van der Waals surface area contributed by atoms with Crippen LogP contribution in [-0.4, -0.2) is 40.0 Å². The van der Waals surface area contributed by atoms with Crippen molar-refractivity contribution < 1.29 is 14.3 Å². The third kappa shape index (κ3) is 9.43. The Labute approximate surface area is 234 Å². The minimum atomic E-state index is -0.356. The highest BCUT2D eigenvalue weighted by Crippen LogP contribution is 2.25. The molecule has 1 aliphatic rings. The van der Waals surface area contributed by atoms with Gasteiger partial charge in [-0.25, -0.2) is 4.79 Å². The lowest BCUT2D eigenvalue weighted by atomic mass is 9.91. The number of ether oxygens (including phenoxy) is 1. The van der Waals surface area contributed by atoms with Gasteiger partial charge >= 0.3 is 5.97 Å². The zero-order chi connectivity index (χ0) is 28.0. The second-order valence-corrected chi connectivity index (χ2v) is 10.1. The number of nitrogens with zero attached hydrogens (tertiary/aromatic N) is 2. The summed E-state index contributed by atoms with van der Waals surface area (Å²) in [7, 11) is 5.55. The molecule has 5 nitrogen and oxygen atoms in total. The first-order chi connectivity index (χ1) is 18.9. The molecule has 5 heteroatoms. The van der Waals surface area contributed by atoms with Crippen LogP contribution in [0.4, 0.5) is 11.4 Å². The molecular weight excluding hydrogens is 484 g/mol. The fourth-order valence-corrected chi connectivity index (χ4v) is 4.63. The molecule has 0 aromatic heterocycles. The monoisotopic (exact) mass is 526 g/mol. The second kappa shape index (κ2) is 15.5. The lowest BCUT2D eigenvalue weighted by Crippen LogP contribution is -2.16. The van der Waals surface area contributed by atoms with E-state index in [4.69, 9.17) is 0 Å². The Kier molecular flexibility index (Phi) is 11.8. The third-order valence-corrected chi connectivity index (χ3v) is 7.26. The first kappa shape index (κ1) is 29.7. The Morgan fingerprint density at radius 3 is 2.08 bits per heavy atom. The van der Waals surface area contributed by atoms with E-state index >= 15 is 0 Å². The highest BCUT2D eigenvalue weighted by atomic mass is 16.5. The van der Waals surface area contributed by atoms with Gasteiger partial charge in [-0.15, -0.1) is 0 Å². The summed E-state index contributed by atoms with van der Waals surface area (Å²) in [4.78, 5) is 25.9. The van der Waals surface area contributed by atoms with Crippen molar-refractivity contribution >= 4 is 29.7 Å². The average molecular weight is 527 g/mol. The van der Waals surface area contributed by atoms with Gasteiger partial charge in [-0.3, -0.25) is 0 Å². The Hall–Kier alpha value is -3.86. The van der Waals surface area contributed by atoms with E-state index in [0.29, 0.717) is 5.92 Å². The van der Waals surface area contributed by atoms with E-state index in [1.54, 1.807) is 6.08 Å². The molecule has 1 fully saturated rings. The number of esters is 1. The largest absolute Gasteiger partial charge is 0.466 e. The maximum atomic E-state index is 11.3. The maximum Gasteiger partial charge on any atom is 0.330 e. The number of rotatable bonds is 9. The molecule has 0 spiro atoms. The molecule has 0 radical (unpaired) electrons. The van der Waals surface area contributed by atoms with Crippen LogP contribution in [0.15, 0.2) is 78.9 Å². The number of benzene rings is 3. The van der Waals surface area contributed by atoms with E-state index in [9.17, 15) is 9.59 Å². The van der Waals surface area contributed by atoms with Crippen molar-refractivity contribution in [3.63, 3.8) is 0 Å². The van der Waals surface area contributed by atoms with Crippen LogP contribution in [0.1, 0.15) is 50.2 Å². The van der Waals surface area contributed by atoms with Crippen LogP contribution in [0, 0.1) is 5.92 Å². The lowest BCUT2D eigenvalue weighted by molar-refractivity contribution is -0.134. The minimum Gasteiger partial charge on any atom is -0.466 e. The molecule has 39 heavy (non-hydrogen) atoms. The van der Waals surface area contributed by atoms with Gasteiger partial charge in [0.2, 0.25) is 0 Å². The quantitative estimate of drug-likeness (QED) is 0.165. The summed E-state index contributed by atoms with van der Waals surface area (Å²) in [5.41, 5.74) is 6.96. The first-order valence-corrected chi connectivity index (χ1v) is 13.9. The highest BCUT2D eigenvalue weighted by molar-refractivity contribution is 5.87. The third-order valence-electron chi connectivity index (χ3n) is 7.26. The Balaban J connectivity index is 0.000000449. The summed E-state index contributed by atoms with van der Waals surface area (Å²) in [6.07, 6.45) is 10.5. The van der Waals surface area contributed by atoms with Gasteiger partial charge in [0.25, 0.3) is 0 Å². The number of carbonyl (C=O) groups excluding carboxylic acids is 2. The van der Waals surface area contributed by atoms with Crippen LogP contribution in [0.3, 0.4) is 0 Å². The molecule has 0 saturated heterocycles. The molecule has 1 aliphatic carbocycles. The zero-order valence-electron chi connectivity index (χ0n) is 23.8. The number of aldehydes is 1. The molecule has 0 amide bonds. The van der Waals surface area contributed by atoms with Crippen LogP contribution >= 0.6 is 0 Å². The normalized spacial score (nSPS) is 13.3. The first-order valence-electron chi connectivity index (χ1n) is 13.9. The molecule has 1 saturated carbocycles. The summed E-state index contributed by atoms with van der Waals surface area (Å²) in [5, 5.41) is 0. The Morgan fingerprint density at radius 1 is 0.872 bits per heavy atom. The van der Waals surface area contributed by atoms with Crippen LogP contribution < -0.4 is 9.80 Å². The molecule has 0 aliphatic heterocycles. The highest BCUT2D eigenvalue weighted by Gasteiger charge is 2.10. The van der Waals surface area contributed by atoms with Crippen LogP contribution in [0.5, 0.6) is 0 Å². The smallest absolute Gasteiger partial charge is 0.330 e. The minimum absolute atomic E-state index is 0.356. The van der Waals surface area contributed by atoms with Gasteiger partial charge in [0, 0.05) is 50.6 Å². The molecule has 0 N–H and O–H groups in total. The summed E-state index contributed by atoms with van der Waals surface area (Å²) < 4.78 is 4.65. The van der Waals surface area contributed by atoms with Gasteiger partial charge in [0.05, 0.1) is 7.11 Å². The predicted molar refractivity (Wildman–Crippen MR) is 163 cm³/mol. The van der Waals surface area contributed by atoms with Crippen molar-refractivity contribution in [2.75, 3.05) is 37.5 Å². The van der Waals surface area contributed by atoms with Crippen molar-refractivity contribution in [1.82, 2.24) is 0 Å². The van der Waals surface area contributed by atoms with Crippen molar-refractivity contribution in [2.45, 2.75) is 45.6 Å². The fraction of sp³-hybridized carbons (Fsp3) is 0.353. The zero-order valence-corrected chi connectivity index (χ0v) is 23.8. The molecule has 206 valence electrons. The predicted octanol–water partition coefficient (Wildman–Crippen LogP) is 7.40. The fourth-order valence-electron chi connectivity index (χ4n) is 4.63. The van der Waals surface area contributed by atoms with E-state index in [1.807, 2.05) is 12.1 Å². The second-order valence-electron chi connectivity index (χ2n) is 10.1. The van der Waals surface area contributed by atoms with Crippen LogP contribution in [0.25, 0.3) is 17.2 Å². The Bertz CT molecular complexity index is 1200. The molecule has 0 bridgehead atoms. The van der Waals surface area contributed by atoms with Gasteiger partial charge in [0.1, 0.15) is 6.29 Å². The summed E-state index contributed by atoms with van der Waals surface area (Å²) in [6, 6.07) is 25.5. The summed E-state index contributed by atoms with van der Waals surface area (Å²) in [6.45, 7) is 3.94. The van der Waals surface area contributed by atoms with Gasteiger partial charge in [0.15, 0.2) is 0 Å².